The number of anilines is 2. The van der Waals surface area contributed by atoms with Crippen LogP contribution < -0.4 is 15.5 Å². The summed E-state index contributed by atoms with van der Waals surface area (Å²) in [5.74, 6) is -0.723. The van der Waals surface area contributed by atoms with E-state index in [9.17, 15) is 14.4 Å². The maximum atomic E-state index is 13.4. The molecule has 1 aliphatic heterocycles. The Labute approximate surface area is 220 Å². The number of carbonyl (C=O) groups is 3. The van der Waals surface area contributed by atoms with Crippen LogP contribution in [0.1, 0.15) is 32.0 Å². The van der Waals surface area contributed by atoms with Gasteiger partial charge in [0.25, 0.3) is 5.91 Å². The SMILES string of the molecule is Cc1nn(C)c2ncc(C(=O)NC(=O)Nc3cccc(C(=O)c4ccccc4)c3)c(N3CCN(C)CC3)c12. The fourth-order valence-corrected chi connectivity index (χ4v) is 4.74. The summed E-state index contributed by atoms with van der Waals surface area (Å²) in [5, 5.41) is 10.4. The molecule has 38 heavy (non-hydrogen) atoms. The zero-order valence-electron chi connectivity index (χ0n) is 21.6. The van der Waals surface area contributed by atoms with E-state index in [4.69, 9.17) is 0 Å². The topological polar surface area (TPSA) is 112 Å². The maximum absolute atomic E-state index is 13.4. The monoisotopic (exact) mass is 511 g/mol. The molecule has 2 N–H and O–H groups in total. The van der Waals surface area contributed by atoms with Gasteiger partial charge in [-0.25, -0.2) is 9.78 Å². The molecule has 4 aromatic rings. The molecule has 3 amide bonds. The number of aryl methyl sites for hydroxylation is 2. The minimum Gasteiger partial charge on any atom is -0.368 e. The summed E-state index contributed by atoms with van der Waals surface area (Å²) in [6.45, 7) is 5.06. The first-order valence-electron chi connectivity index (χ1n) is 12.4. The fraction of sp³-hybridized carbons (Fsp3) is 0.250. The van der Waals surface area contributed by atoms with Crippen molar-refractivity contribution in [3.05, 3.63) is 83.2 Å². The number of fused-ring (bicyclic) bond motifs is 1. The Morgan fingerprint density at radius 3 is 2.34 bits per heavy atom. The number of imide groups is 1. The molecule has 0 unspecified atom stereocenters. The molecule has 0 spiro atoms. The number of pyridine rings is 1. The number of nitrogens with zero attached hydrogens (tertiary/aromatic N) is 5. The summed E-state index contributed by atoms with van der Waals surface area (Å²) >= 11 is 0. The van der Waals surface area contributed by atoms with Crippen LogP contribution in [0, 0.1) is 6.92 Å². The van der Waals surface area contributed by atoms with Crippen molar-refractivity contribution in [1.29, 1.82) is 0 Å². The molecule has 2 aromatic heterocycles. The van der Waals surface area contributed by atoms with E-state index in [1.807, 2.05) is 20.0 Å². The number of carbonyl (C=O) groups excluding carboxylic acids is 3. The number of benzene rings is 2. The second-order valence-electron chi connectivity index (χ2n) is 9.40. The highest BCUT2D eigenvalue weighted by Crippen LogP contribution is 2.32. The molecule has 0 aliphatic carbocycles. The predicted octanol–water partition coefficient (Wildman–Crippen LogP) is 3.22. The Balaban J connectivity index is 1.37. The molecular formula is C28H29N7O3. The largest absolute Gasteiger partial charge is 0.368 e. The van der Waals surface area contributed by atoms with E-state index < -0.39 is 11.9 Å². The molecule has 0 saturated carbocycles. The summed E-state index contributed by atoms with van der Waals surface area (Å²) in [7, 11) is 3.88. The zero-order valence-corrected chi connectivity index (χ0v) is 21.6. The van der Waals surface area contributed by atoms with Crippen molar-refractivity contribution >= 4 is 40.1 Å². The first kappa shape index (κ1) is 25.1. The molecule has 10 nitrogen and oxygen atoms in total. The number of hydrogen-bond donors (Lipinski definition) is 2. The molecule has 10 heteroatoms. The van der Waals surface area contributed by atoms with E-state index >= 15 is 0 Å². The van der Waals surface area contributed by atoms with Gasteiger partial charge < -0.3 is 15.1 Å². The van der Waals surface area contributed by atoms with Crippen molar-refractivity contribution in [2.75, 3.05) is 43.4 Å². The van der Waals surface area contributed by atoms with Crippen molar-refractivity contribution in [3.8, 4) is 0 Å². The normalized spacial score (nSPS) is 13.9. The quantitative estimate of drug-likeness (QED) is 0.396. The van der Waals surface area contributed by atoms with Crippen LogP contribution >= 0.6 is 0 Å². The van der Waals surface area contributed by atoms with E-state index in [1.165, 1.54) is 6.20 Å². The van der Waals surface area contributed by atoms with Gasteiger partial charge >= 0.3 is 6.03 Å². The lowest BCUT2D eigenvalue weighted by molar-refractivity contribution is 0.0966. The van der Waals surface area contributed by atoms with Gasteiger partial charge in [-0.15, -0.1) is 0 Å². The number of urea groups is 1. The first-order chi connectivity index (χ1) is 18.3. The van der Waals surface area contributed by atoms with Crippen LogP contribution in [-0.4, -0.2) is 70.6 Å². The molecule has 1 aliphatic rings. The first-order valence-corrected chi connectivity index (χ1v) is 12.4. The number of likely N-dealkylation sites (N-methyl/N-ethyl adjacent to an activating group) is 1. The second kappa shape index (κ2) is 10.4. The fourth-order valence-electron chi connectivity index (χ4n) is 4.74. The highest BCUT2D eigenvalue weighted by Gasteiger charge is 2.27. The molecule has 0 radical (unpaired) electrons. The predicted molar refractivity (Wildman–Crippen MR) is 146 cm³/mol. The van der Waals surface area contributed by atoms with Crippen LogP contribution in [0.3, 0.4) is 0 Å². The van der Waals surface area contributed by atoms with Crippen LogP contribution in [-0.2, 0) is 7.05 Å². The Hall–Kier alpha value is -4.57. The van der Waals surface area contributed by atoms with Gasteiger partial charge in [-0.3, -0.25) is 19.6 Å². The number of hydrogen-bond acceptors (Lipinski definition) is 7. The van der Waals surface area contributed by atoms with Crippen LogP contribution in [0.4, 0.5) is 16.2 Å². The third kappa shape index (κ3) is 4.98. The smallest absolute Gasteiger partial charge is 0.326 e. The van der Waals surface area contributed by atoms with Crippen molar-refractivity contribution in [2.24, 2.45) is 7.05 Å². The van der Waals surface area contributed by atoms with Gasteiger partial charge in [0, 0.05) is 56.2 Å². The Bertz CT molecular complexity index is 1520. The van der Waals surface area contributed by atoms with Crippen LogP contribution in [0.5, 0.6) is 0 Å². The lowest BCUT2D eigenvalue weighted by Crippen LogP contribution is -2.45. The molecule has 3 heterocycles. The van der Waals surface area contributed by atoms with Gasteiger partial charge in [0.15, 0.2) is 11.4 Å². The van der Waals surface area contributed by atoms with Crippen LogP contribution in [0.2, 0.25) is 0 Å². The van der Waals surface area contributed by atoms with Crippen LogP contribution in [0.25, 0.3) is 11.0 Å². The molecule has 194 valence electrons. The Kier molecular flexibility index (Phi) is 6.89. The summed E-state index contributed by atoms with van der Waals surface area (Å²) in [5.41, 5.74) is 3.86. The summed E-state index contributed by atoms with van der Waals surface area (Å²) in [4.78, 5) is 47.8. The van der Waals surface area contributed by atoms with Crippen molar-refractivity contribution in [2.45, 2.75) is 6.92 Å². The van der Waals surface area contributed by atoms with Gasteiger partial charge in [-0.05, 0) is 26.1 Å². The minimum atomic E-state index is -0.702. The molecule has 1 fully saturated rings. The van der Waals surface area contributed by atoms with E-state index in [0.29, 0.717) is 28.0 Å². The molecule has 2 aromatic carbocycles. The molecule has 1 saturated heterocycles. The van der Waals surface area contributed by atoms with E-state index in [-0.39, 0.29) is 5.78 Å². The van der Waals surface area contributed by atoms with Gasteiger partial charge in [0.2, 0.25) is 0 Å². The molecule has 0 atom stereocenters. The van der Waals surface area contributed by atoms with E-state index in [1.54, 1.807) is 53.2 Å². The highest BCUT2D eigenvalue weighted by molar-refractivity contribution is 6.14. The van der Waals surface area contributed by atoms with E-state index in [2.05, 4.69) is 37.6 Å². The Morgan fingerprint density at radius 2 is 1.61 bits per heavy atom. The molecule has 5 rings (SSSR count). The maximum Gasteiger partial charge on any atom is 0.326 e. The average Bonchev–Trinajstić information content (AvgIpc) is 3.21. The standard InChI is InChI=1S/C28H29N7O3/c1-18-23-24(35-14-12-33(2)13-15-35)22(17-29-26(23)34(3)32-18)27(37)31-28(38)30-21-11-7-10-20(16-21)25(36)19-8-5-4-6-9-19/h4-11,16-17H,12-15H2,1-3H3,(H2,30,31,37,38). The lowest BCUT2D eigenvalue weighted by atomic mass is 10.0. The number of aromatic nitrogens is 3. The molecular weight excluding hydrogens is 482 g/mol. The van der Waals surface area contributed by atoms with Gasteiger partial charge in [0.1, 0.15) is 0 Å². The summed E-state index contributed by atoms with van der Waals surface area (Å²) in [6.07, 6.45) is 1.50. The third-order valence-corrected chi connectivity index (χ3v) is 6.71. The number of piperazine rings is 1. The summed E-state index contributed by atoms with van der Waals surface area (Å²) < 4.78 is 1.70. The van der Waals surface area contributed by atoms with Gasteiger partial charge in [-0.2, -0.15) is 5.10 Å². The van der Waals surface area contributed by atoms with Crippen molar-refractivity contribution < 1.29 is 14.4 Å². The van der Waals surface area contributed by atoms with E-state index in [0.717, 1.165) is 42.9 Å². The lowest BCUT2D eigenvalue weighted by Gasteiger charge is -2.35. The number of amides is 3. The molecule has 0 bridgehead atoms. The minimum absolute atomic E-state index is 0.159. The third-order valence-electron chi connectivity index (χ3n) is 6.71. The van der Waals surface area contributed by atoms with Gasteiger partial charge in [0.05, 0.1) is 22.3 Å². The van der Waals surface area contributed by atoms with Crippen molar-refractivity contribution in [3.63, 3.8) is 0 Å². The number of nitrogens with one attached hydrogen (secondary N) is 2. The van der Waals surface area contributed by atoms with Gasteiger partial charge in [-0.1, -0.05) is 42.5 Å². The van der Waals surface area contributed by atoms with Crippen LogP contribution in [0.15, 0.2) is 60.8 Å². The van der Waals surface area contributed by atoms with Crippen molar-refractivity contribution in [1.82, 2.24) is 25.0 Å². The average molecular weight is 512 g/mol. The zero-order chi connectivity index (χ0) is 26.8. The number of rotatable bonds is 5. The Morgan fingerprint density at radius 1 is 0.895 bits per heavy atom. The summed E-state index contributed by atoms with van der Waals surface area (Å²) in [6, 6.07) is 14.8. The highest BCUT2D eigenvalue weighted by atomic mass is 16.2. The second-order valence-corrected chi connectivity index (χ2v) is 9.40. The number of ketones is 1.